The zero-order valence-electron chi connectivity index (χ0n) is 18.5. The Morgan fingerprint density at radius 2 is 1.91 bits per heavy atom. The third-order valence-electron chi connectivity index (χ3n) is 7.33. The number of aromatic nitrogens is 4. The molecule has 2 bridgehead atoms. The molecule has 0 N–H and O–H groups in total. The molecule has 0 radical (unpaired) electrons. The fourth-order valence-corrected chi connectivity index (χ4v) is 7.22. The Balaban J connectivity index is 1.43. The highest BCUT2D eigenvalue weighted by molar-refractivity contribution is 7.90. The van der Waals surface area contributed by atoms with Crippen molar-refractivity contribution in [3.8, 4) is 11.5 Å². The van der Waals surface area contributed by atoms with Crippen LogP contribution in [0.25, 0.3) is 11.5 Å². The zero-order chi connectivity index (χ0) is 22.6. The molecule has 0 amide bonds. The van der Waals surface area contributed by atoms with Gasteiger partial charge in [-0.25, -0.2) is 13.4 Å². The van der Waals surface area contributed by atoms with Gasteiger partial charge in [-0.2, -0.15) is 4.98 Å². The molecule has 2 aromatic heterocycles. The molecule has 170 valence electrons. The highest BCUT2D eigenvalue weighted by Gasteiger charge is 2.43. The van der Waals surface area contributed by atoms with E-state index in [4.69, 9.17) is 16.1 Å². The molecular formula is C23H27ClN4O3S. The average molecular weight is 475 g/mol. The van der Waals surface area contributed by atoms with Gasteiger partial charge in [0.15, 0.2) is 5.82 Å². The summed E-state index contributed by atoms with van der Waals surface area (Å²) < 4.78 is 34.1. The number of fused-ring (bicyclic) bond motifs is 2. The molecular weight excluding hydrogens is 448 g/mol. The molecule has 3 aromatic rings. The highest BCUT2D eigenvalue weighted by atomic mass is 35.5. The molecule has 4 atom stereocenters. The third-order valence-corrected chi connectivity index (χ3v) is 9.07. The van der Waals surface area contributed by atoms with E-state index < -0.39 is 9.84 Å². The summed E-state index contributed by atoms with van der Waals surface area (Å²) in [7, 11) is -3.76. The highest BCUT2D eigenvalue weighted by Crippen LogP contribution is 2.52. The van der Waals surface area contributed by atoms with Crippen LogP contribution in [0.1, 0.15) is 55.9 Å². The normalized spacial score (nSPS) is 23.7. The quantitative estimate of drug-likeness (QED) is 0.489. The number of aryl methyl sites for hydroxylation is 1. The molecule has 0 aliphatic heterocycles. The van der Waals surface area contributed by atoms with Gasteiger partial charge in [0.2, 0.25) is 15.0 Å². The number of nitrogens with zero attached hydrogens (tertiary/aromatic N) is 4. The molecule has 2 heterocycles. The first-order valence-corrected chi connectivity index (χ1v) is 13.1. The zero-order valence-corrected chi connectivity index (χ0v) is 20.0. The van der Waals surface area contributed by atoms with E-state index in [2.05, 4.69) is 22.0 Å². The fraction of sp³-hybridized carbons (Fsp3) is 0.522. The summed E-state index contributed by atoms with van der Waals surface area (Å²) >= 11 is 5.93. The minimum Gasteiger partial charge on any atom is -0.334 e. The molecule has 2 aliphatic carbocycles. The molecule has 2 aliphatic rings. The van der Waals surface area contributed by atoms with Gasteiger partial charge in [0.25, 0.3) is 5.89 Å². The van der Waals surface area contributed by atoms with Crippen LogP contribution >= 0.6 is 11.6 Å². The van der Waals surface area contributed by atoms with Crippen LogP contribution in [0.15, 0.2) is 33.9 Å². The van der Waals surface area contributed by atoms with Crippen LogP contribution in [0.2, 0.25) is 5.02 Å². The second-order valence-corrected chi connectivity index (χ2v) is 11.6. The first kappa shape index (κ1) is 21.6. The van der Waals surface area contributed by atoms with Crippen LogP contribution in [0.3, 0.4) is 0 Å². The molecule has 32 heavy (non-hydrogen) atoms. The number of halogens is 1. The number of sulfone groups is 1. The van der Waals surface area contributed by atoms with E-state index in [1.165, 1.54) is 25.7 Å². The lowest BCUT2D eigenvalue weighted by molar-refractivity contribution is 0.231. The van der Waals surface area contributed by atoms with Crippen LogP contribution in [-0.2, 0) is 15.6 Å². The first-order chi connectivity index (χ1) is 15.2. The summed E-state index contributed by atoms with van der Waals surface area (Å²) in [6.07, 6.45) is 5.02. The Bertz CT molecular complexity index is 1250. The Labute approximate surface area is 193 Å². The molecule has 9 heteroatoms. The van der Waals surface area contributed by atoms with E-state index >= 15 is 0 Å². The largest absolute Gasteiger partial charge is 0.334 e. The van der Waals surface area contributed by atoms with Crippen molar-refractivity contribution in [2.45, 2.75) is 63.4 Å². The maximum Gasteiger partial charge on any atom is 0.257 e. The van der Waals surface area contributed by atoms with Crippen molar-refractivity contribution in [1.29, 1.82) is 0 Å². The van der Waals surface area contributed by atoms with Crippen molar-refractivity contribution in [3.05, 3.63) is 46.5 Å². The maximum absolute atomic E-state index is 13.4. The molecule has 2 fully saturated rings. The molecule has 5 rings (SSSR count). The average Bonchev–Trinajstić information content (AvgIpc) is 3.54. The Hall–Kier alpha value is -2.19. The van der Waals surface area contributed by atoms with Crippen molar-refractivity contribution in [1.82, 2.24) is 19.7 Å². The Kier molecular flexibility index (Phi) is 5.40. The topological polar surface area (TPSA) is 90.9 Å². The lowest BCUT2D eigenvalue weighted by Crippen LogP contribution is -2.26. The van der Waals surface area contributed by atoms with Gasteiger partial charge in [0, 0.05) is 22.3 Å². The summed E-state index contributed by atoms with van der Waals surface area (Å²) in [5.41, 5.74) is 2.34. The minimum absolute atomic E-state index is 0.0890. The summed E-state index contributed by atoms with van der Waals surface area (Å²) in [5.74, 6) is 2.00. The van der Waals surface area contributed by atoms with Crippen molar-refractivity contribution in [3.63, 3.8) is 0 Å². The Morgan fingerprint density at radius 3 is 2.56 bits per heavy atom. The minimum atomic E-state index is -3.76. The van der Waals surface area contributed by atoms with E-state index in [1.54, 1.807) is 24.3 Å². The predicted molar refractivity (Wildman–Crippen MR) is 121 cm³/mol. The van der Waals surface area contributed by atoms with Crippen molar-refractivity contribution >= 4 is 21.4 Å². The molecule has 0 spiro atoms. The number of hydrogen-bond acceptors (Lipinski definition) is 6. The van der Waals surface area contributed by atoms with Crippen LogP contribution in [0, 0.1) is 31.6 Å². The summed E-state index contributed by atoms with van der Waals surface area (Å²) in [5, 5.41) is 4.61. The first-order valence-electron chi connectivity index (χ1n) is 11.1. The summed E-state index contributed by atoms with van der Waals surface area (Å²) in [4.78, 5) is 8.78. The lowest BCUT2D eigenvalue weighted by atomic mass is 9.84. The molecule has 0 unspecified atom stereocenters. The van der Waals surface area contributed by atoms with E-state index in [0.717, 1.165) is 17.3 Å². The lowest BCUT2D eigenvalue weighted by Gasteiger charge is -2.30. The monoisotopic (exact) mass is 474 g/mol. The van der Waals surface area contributed by atoms with Crippen molar-refractivity contribution < 1.29 is 12.9 Å². The van der Waals surface area contributed by atoms with Gasteiger partial charge in [-0.05, 0) is 82.1 Å². The van der Waals surface area contributed by atoms with Gasteiger partial charge >= 0.3 is 0 Å². The van der Waals surface area contributed by atoms with Gasteiger partial charge in [0.05, 0.1) is 5.69 Å². The van der Waals surface area contributed by atoms with Crippen molar-refractivity contribution in [2.75, 3.05) is 0 Å². The molecule has 1 aromatic carbocycles. The fourth-order valence-electron chi connectivity index (χ4n) is 5.63. The predicted octanol–water partition coefficient (Wildman–Crippen LogP) is 5.17. The van der Waals surface area contributed by atoms with Gasteiger partial charge in [-0.15, -0.1) is 0 Å². The number of rotatable bonds is 6. The molecule has 7 nitrogen and oxygen atoms in total. The van der Waals surface area contributed by atoms with Gasteiger partial charge in [-0.1, -0.05) is 23.2 Å². The van der Waals surface area contributed by atoms with Crippen LogP contribution in [0.4, 0.5) is 0 Å². The second-order valence-electron chi connectivity index (χ2n) is 9.30. The standard InChI is InChI=1S/C23H27ClN4O3S/c1-13-14(2)28(15(3)20-11-16-4-5-18(20)10-16)23(25-13)32(29,30)12-21-26-22(31-27-21)17-6-8-19(24)9-7-17/h6-9,15-16,18,20H,4-5,10-12H2,1-3H3/t15-,16-,18-,20+/m0/s1. The van der Waals surface area contributed by atoms with Gasteiger partial charge < -0.3 is 9.09 Å². The second kappa shape index (κ2) is 7.99. The van der Waals surface area contributed by atoms with E-state index in [9.17, 15) is 8.42 Å². The van der Waals surface area contributed by atoms with Crippen LogP contribution in [-0.4, -0.2) is 28.1 Å². The number of imidazole rings is 1. The van der Waals surface area contributed by atoms with Crippen LogP contribution < -0.4 is 0 Å². The van der Waals surface area contributed by atoms with E-state index in [0.29, 0.717) is 22.4 Å². The number of hydrogen-bond donors (Lipinski definition) is 0. The third kappa shape index (κ3) is 3.77. The smallest absolute Gasteiger partial charge is 0.257 e. The van der Waals surface area contributed by atoms with Gasteiger partial charge in [-0.3, -0.25) is 0 Å². The van der Waals surface area contributed by atoms with E-state index in [1.807, 2.05) is 18.4 Å². The van der Waals surface area contributed by atoms with Crippen LogP contribution in [0.5, 0.6) is 0 Å². The maximum atomic E-state index is 13.4. The van der Waals surface area contributed by atoms with E-state index in [-0.39, 0.29) is 28.7 Å². The molecule has 2 saturated carbocycles. The molecule has 0 saturated heterocycles. The SMILES string of the molecule is Cc1nc(S(=O)(=O)Cc2noc(-c3ccc(Cl)cc3)n2)n([C@@H](C)[C@H]2C[C@H]3CC[C@H]2C3)c1C. The summed E-state index contributed by atoms with van der Waals surface area (Å²) in [6, 6.07) is 7.04. The van der Waals surface area contributed by atoms with Crippen molar-refractivity contribution in [2.24, 2.45) is 17.8 Å². The Morgan fingerprint density at radius 1 is 1.16 bits per heavy atom. The van der Waals surface area contributed by atoms with Gasteiger partial charge in [0.1, 0.15) is 5.75 Å². The summed E-state index contributed by atoms with van der Waals surface area (Å²) in [6.45, 7) is 5.97. The number of benzene rings is 1.